The Morgan fingerprint density at radius 1 is 0.294 bits per heavy atom. The third-order valence-corrected chi connectivity index (χ3v) is 15.1. The Bertz CT molecular complexity index is 3700. The second-order valence-corrected chi connectivity index (χ2v) is 19.7. The first-order valence-electron chi connectivity index (χ1n) is 24.0. The smallest absolute Gasteiger partial charge is 0.0541 e. The van der Waals surface area contributed by atoms with Gasteiger partial charge >= 0.3 is 0 Å². The molecule has 10 aromatic carbocycles. The molecule has 1 aliphatic carbocycles. The van der Waals surface area contributed by atoms with E-state index < -0.39 is 0 Å². The number of rotatable bonds is 7. The average Bonchev–Trinajstić information content (AvgIpc) is 3.98. The zero-order valence-corrected chi connectivity index (χ0v) is 38.6. The van der Waals surface area contributed by atoms with Crippen molar-refractivity contribution in [1.82, 2.24) is 9.13 Å². The van der Waals surface area contributed by atoms with Gasteiger partial charge in [0, 0.05) is 38.3 Å². The summed E-state index contributed by atoms with van der Waals surface area (Å²) >= 11 is 0. The number of benzene rings is 10. The second kappa shape index (κ2) is 15.4. The fraction of sp³-hybridized carbons (Fsp3) is 0.0909. The molecule has 68 heavy (non-hydrogen) atoms. The summed E-state index contributed by atoms with van der Waals surface area (Å²) in [6.07, 6.45) is 1.00. The lowest BCUT2D eigenvalue weighted by Gasteiger charge is -2.29. The summed E-state index contributed by atoms with van der Waals surface area (Å²) in [6, 6.07) is 87.7. The first-order chi connectivity index (χ1) is 33.3. The molecule has 0 bridgehead atoms. The van der Waals surface area contributed by atoms with Crippen molar-refractivity contribution in [3.8, 4) is 55.9 Å². The minimum absolute atomic E-state index is 0.0651. The molecule has 0 radical (unpaired) electrons. The van der Waals surface area contributed by atoms with Crippen molar-refractivity contribution < 1.29 is 0 Å². The second-order valence-electron chi connectivity index (χ2n) is 19.7. The van der Waals surface area contributed by atoms with Crippen molar-refractivity contribution in [1.29, 1.82) is 0 Å². The maximum Gasteiger partial charge on any atom is 0.0541 e. The van der Waals surface area contributed by atoms with Crippen LogP contribution in [0.1, 0.15) is 43.9 Å². The maximum absolute atomic E-state index is 2.50. The Labute approximate surface area is 398 Å². The normalized spacial score (nSPS) is 15.4. The lowest BCUT2D eigenvalue weighted by Crippen LogP contribution is -2.23. The molecular formula is C66H50N2. The SMILES string of the molecule is CC1(C)CC(C)(c2cccc(-n3c4ccc(-c5ccccc5)cc4c4cc(-c5ccccc5)ccc43)c2)c2ccc(-n3c4ccc(-c5ccccc5)cc4c4cc(-c5ccccc5)ccc43)cc21. The van der Waals surface area contributed by atoms with Crippen molar-refractivity contribution in [2.45, 2.75) is 38.0 Å². The summed E-state index contributed by atoms with van der Waals surface area (Å²) in [7, 11) is 0. The largest absolute Gasteiger partial charge is 0.309 e. The van der Waals surface area contributed by atoms with Crippen LogP contribution in [0.4, 0.5) is 0 Å². The van der Waals surface area contributed by atoms with Crippen LogP contribution in [0, 0.1) is 0 Å². The molecule has 0 amide bonds. The van der Waals surface area contributed by atoms with Crippen LogP contribution in [0.15, 0.2) is 237 Å². The lowest BCUT2D eigenvalue weighted by atomic mass is 9.75. The molecular weight excluding hydrogens is 821 g/mol. The molecule has 13 rings (SSSR count). The lowest BCUT2D eigenvalue weighted by molar-refractivity contribution is 0.425. The van der Waals surface area contributed by atoms with Gasteiger partial charge in [0.1, 0.15) is 0 Å². The third-order valence-electron chi connectivity index (χ3n) is 15.1. The van der Waals surface area contributed by atoms with Gasteiger partial charge in [-0.25, -0.2) is 0 Å². The van der Waals surface area contributed by atoms with Gasteiger partial charge in [0.2, 0.25) is 0 Å². The van der Waals surface area contributed by atoms with Gasteiger partial charge in [0.15, 0.2) is 0 Å². The highest BCUT2D eigenvalue weighted by Gasteiger charge is 2.46. The molecule has 1 atom stereocenters. The molecule has 324 valence electrons. The van der Waals surface area contributed by atoms with E-state index in [9.17, 15) is 0 Å². The van der Waals surface area contributed by atoms with E-state index in [-0.39, 0.29) is 10.8 Å². The molecule has 2 heterocycles. The Hall–Kier alpha value is -8.20. The standard InChI is InChI=1S/C66H50N2/c1-65(2)43-66(3,52-25-16-26-53(41-52)67-61-33-27-48(44-17-8-4-9-18-44)37-55(61)56-38-49(28-34-62(56)67)45-19-10-5-11-20-45)59-32-31-54(42-60(59)65)68-63-35-29-50(46-21-12-6-13-22-46)39-57(63)58-40-51(30-36-64(58)68)47-23-14-7-15-24-47/h4-42H,43H2,1-3H3. The number of fused-ring (bicyclic) bond motifs is 7. The Morgan fingerprint density at radius 2 is 0.662 bits per heavy atom. The minimum atomic E-state index is -0.205. The van der Waals surface area contributed by atoms with E-state index in [1.807, 2.05) is 0 Å². The predicted molar refractivity (Wildman–Crippen MR) is 287 cm³/mol. The van der Waals surface area contributed by atoms with E-state index in [0.717, 1.165) is 6.42 Å². The van der Waals surface area contributed by atoms with Crippen LogP contribution in [0.5, 0.6) is 0 Å². The van der Waals surface area contributed by atoms with Crippen molar-refractivity contribution in [2.75, 3.05) is 0 Å². The Morgan fingerprint density at radius 3 is 1.04 bits per heavy atom. The van der Waals surface area contributed by atoms with Crippen LogP contribution in [-0.4, -0.2) is 9.13 Å². The van der Waals surface area contributed by atoms with Gasteiger partial charge in [0.05, 0.1) is 22.1 Å². The summed E-state index contributed by atoms with van der Waals surface area (Å²) in [4.78, 5) is 0. The molecule has 1 unspecified atom stereocenters. The van der Waals surface area contributed by atoms with Gasteiger partial charge in [0.25, 0.3) is 0 Å². The molecule has 12 aromatic rings. The van der Waals surface area contributed by atoms with E-state index in [2.05, 4.69) is 266 Å². The van der Waals surface area contributed by atoms with Gasteiger partial charge in [-0.1, -0.05) is 185 Å². The minimum Gasteiger partial charge on any atom is -0.309 e. The van der Waals surface area contributed by atoms with Crippen LogP contribution in [-0.2, 0) is 10.8 Å². The topological polar surface area (TPSA) is 9.86 Å². The van der Waals surface area contributed by atoms with Crippen molar-refractivity contribution in [3.05, 3.63) is 253 Å². The fourth-order valence-electron chi connectivity index (χ4n) is 11.9. The van der Waals surface area contributed by atoms with Crippen molar-refractivity contribution in [2.24, 2.45) is 0 Å². The predicted octanol–water partition coefficient (Wildman–Crippen LogP) is 17.5. The van der Waals surface area contributed by atoms with Crippen LogP contribution in [0.25, 0.3) is 99.5 Å². The third kappa shape index (κ3) is 6.39. The first-order valence-corrected chi connectivity index (χ1v) is 24.0. The number of hydrogen-bond acceptors (Lipinski definition) is 0. The van der Waals surface area contributed by atoms with E-state index >= 15 is 0 Å². The van der Waals surface area contributed by atoms with Gasteiger partial charge in [-0.2, -0.15) is 0 Å². The number of hydrogen-bond donors (Lipinski definition) is 0. The highest BCUT2D eigenvalue weighted by molar-refractivity contribution is 6.13. The summed E-state index contributed by atoms with van der Waals surface area (Å²) in [5.74, 6) is 0. The first kappa shape index (κ1) is 40.1. The number of nitrogens with zero attached hydrogens (tertiary/aromatic N) is 2. The summed E-state index contributed by atoms with van der Waals surface area (Å²) in [6.45, 7) is 7.35. The quantitative estimate of drug-likeness (QED) is 0.151. The molecule has 0 saturated heterocycles. The Balaban J connectivity index is 0.945. The highest BCUT2D eigenvalue weighted by atomic mass is 15.0. The number of aromatic nitrogens is 2. The van der Waals surface area contributed by atoms with Gasteiger partial charge < -0.3 is 9.13 Å². The van der Waals surface area contributed by atoms with Gasteiger partial charge in [-0.05, 0) is 146 Å². The van der Waals surface area contributed by atoms with Crippen LogP contribution >= 0.6 is 0 Å². The molecule has 2 heteroatoms. The molecule has 2 nitrogen and oxygen atoms in total. The molecule has 0 fully saturated rings. The van der Waals surface area contributed by atoms with Gasteiger partial charge in [-0.3, -0.25) is 0 Å². The van der Waals surface area contributed by atoms with Crippen LogP contribution in [0.2, 0.25) is 0 Å². The van der Waals surface area contributed by atoms with Gasteiger partial charge in [-0.15, -0.1) is 0 Å². The summed E-state index contributed by atoms with van der Waals surface area (Å²) in [5, 5.41) is 5.04. The average molecular weight is 871 g/mol. The van der Waals surface area contributed by atoms with Crippen molar-refractivity contribution >= 4 is 43.6 Å². The molecule has 0 saturated carbocycles. The van der Waals surface area contributed by atoms with Crippen LogP contribution in [0.3, 0.4) is 0 Å². The van der Waals surface area contributed by atoms with E-state index in [4.69, 9.17) is 0 Å². The molecule has 2 aromatic heterocycles. The van der Waals surface area contributed by atoms with E-state index in [0.29, 0.717) is 0 Å². The van der Waals surface area contributed by atoms with E-state index in [1.165, 1.54) is 116 Å². The molecule has 1 aliphatic rings. The van der Waals surface area contributed by atoms with E-state index in [1.54, 1.807) is 0 Å². The highest BCUT2D eigenvalue weighted by Crippen LogP contribution is 2.54. The zero-order valence-electron chi connectivity index (χ0n) is 38.6. The van der Waals surface area contributed by atoms with Crippen LogP contribution < -0.4 is 0 Å². The fourth-order valence-corrected chi connectivity index (χ4v) is 11.9. The zero-order chi connectivity index (χ0) is 45.6. The Kier molecular flexibility index (Phi) is 9.11. The molecule has 0 aliphatic heterocycles. The maximum atomic E-state index is 2.50. The van der Waals surface area contributed by atoms with Crippen molar-refractivity contribution in [3.63, 3.8) is 0 Å². The molecule has 0 N–H and O–H groups in total. The monoisotopic (exact) mass is 870 g/mol. The summed E-state index contributed by atoms with van der Waals surface area (Å²) < 4.78 is 4.98. The summed E-state index contributed by atoms with van der Waals surface area (Å²) in [5.41, 5.74) is 20.9. The molecule has 0 spiro atoms.